The van der Waals surface area contributed by atoms with Crippen molar-refractivity contribution in [1.82, 2.24) is 9.38 Å². The van der Waals surface area contributed by atoms with Crippen LogP contribution in [0.3, 0.4) is 0 Å². The number of hydrogen-bond donors (Lipinski definition) is 0. The standard InChI is InChI=1S/C17H19N2O2P/c1-3-20-22(21-4-2)17-16(14-10-6-5-7-11-14)18-15-12-8-9-13-19(15)17/h5-13H,3-4H2,1-2H3. The molecule has 2 heterocycles. The van der Waals surface area contributed by atoms with Crippen molar-refractivity contribution in [2.24, 2.45) is 0 Å². The smallest absolute Gasteiger partial charge is 0.225 e. The molecule has 2 aromatic heterocycles. The number of aromatic nitrogens is 2. The molecule has 0 bridgehead atoms. The lowest BCUT2D eigenvalue weighted by atomic mass is 10.2. The monoisotopic (exact) mass is 314 g/mol. The summed E-state index contributed by atoms with van der Waals surface area (Å²) >= 11 is 0. The SMILES string of the molecule is CCOP(OCC)c1c(-c2ccccc2)nc2ccccn12. The van der Waals surface area contributed by atoms with Gasteiger partial charge in [0.25, 0.3) is 0 Å². The van der Waals surface area contributed by atoms with Gasteiger partial charge in [-0.2, -0.15) is 0 Å². The molecule has 1 aromatic carbocycles. The zero-order valence-electron chi connectivity index (χ0n) is 12.8. The van der Waals surface area contributed by atoms with Gasteiger partial charge in [0, 0.05) is 11.8 Å². The molecule has 0 unspecified atom stereocenters. The Morgan fingerprint density at radius 2 is 1.64 bits per heavy atom. The molecule has 0 aliphatic rings. The summed E-state index contributed by atoms with van der Waals surface area (Å²) in [6.07, 6.45) is 2.01. The van der Waals surface area contributed by atoms with Crippen molar-refractivity contribution < 1.29 is 9.05 Å². The van der Waals surface area contributed by atoms with Crippen LogP contribution in [0.15, 0.2) is 54.7 Å². The van der Waals surface area contributed by atoms with Crippen LogP contribution in [0.2, 0.25) is 0 Å². The number of nitrogens with zero attached hydrogens (tertiary/aromatic N) is 2. The van der Waals surface area contributed by atoms with E-state index in [9.17, 15) is 0 Å². The van der Waals surface area contributed by atoms with Crippen LogP contribution in [0.5, 0.6) is 0 Å². The fourth-order valence-corrected chi connectivity index (χ4v) is 3.83. The van der Waals surface area contributed by atoms with Crippen molar-refractivity contribution in [2.75, 3.05) is 13.2 Å². The van der Waals surface area contributed by atoms with Crippen LogP contribution in [0.1, 0.15) is 13.8 Å². The highest BCUT2D eigenvalue weighted by Crippen LogP contribution is 2.40. The van der Waals surface area contributed by atoms with Crippen molar-refractivity contribution in [3.05, 3.63) is 54.7 Å². The first-order chi connectivity index (χ1) is 10.8. The summed E-state index contributed by atoms with van der Waals surface area (Å²) in [4.78, 5) is 4.79. The van der Waals surface area contributed by atoms with Gasteiger partial charge in [-0.1, -0.05) is 36.4 Å². The summed E-state index contributed by atoms with van der Waals surface area (Å²) in [5.74, 6) is 0. The molecule has 114 valence electrons. The second-order valence-corrected chi connectivity index (χ2v) is 6.13. The van der Waals surface area contributed by atoms with E-state index in [4.69, 9.17) is 14.0 Å². The maximum atomic E-state index is 5.88. The van der Waals surface area contributed by atoms with Gasteiger partial charge in [-0.25, -0.2) is 4.98 Å². The Bertz CT molecular complexity index is 737. The molecule has 0 radical (unpaired) electrons. The topological polar surface area (TPSA) is 35.8 Å². The maximum Gasteiger partial charge on any atom is 0.225 e. The molecule has 3 aromatic rings. The van der Waals surface area contributed by atoms with Gasteiger partial charge in [-0.15, -0.1) is 0 Å². The molecule has 0 aliphatic heterocycles. The highest BCUT2D eigenvalue weighted by molar-refractivity contribution is 7.56. The summed E-state index contributed by atoms with van der Waals surface area (Å²) in [7, 11) is -1.16. The van der Waals surface area contributed by atoms with Gasteiger partial charge in [0.2, 0.25) is 8.38 Å². The number of benzene rings is 1. The van der Waals surface area contributed by atoms with E-state index < -0.39 is 8.38 Å². The zero-order valence-corrected chi connectivity index (χ0v) is 13.7. The number of rotatable bonds is 6. The minimum Gasteiger partial charge on any atom is -0.330 e. The van der Waals surface area contributed by atoms with Crippen molar-refractivity contribution in [3.63, 3.8) is 0 Å². The lowest BCUT2D eigenvalue weighted by molar-refractivity contribution is 0.277. The van der Waals surface area contributed by atoms with Crippen LogP contribution in [-0.2, 0) is 9.05 Å². The van der Waals surface area contributed by atoms with Gasteiger partial charge in [-0.3, -0.25) is 4.40 Å². The quantitative estimate of drug-likeness (QED) is 0.645. The molecule has 22 heavy (non-hydrogen) atoms. The predicted molar refractivity (Wildman–Crippen MR) is 90.4 cm³/mol. The second kappa shape index (κ2) is 7.01. The van der Waals surface area contributed by atoms with Crippen molar-refractivity contribution in [3.8, 4) is 11.3 Å². The fraction of sp³-hybridized carbons (Fsp3) is 0.235. The van der Waals surface area contributed by atoms with E-state index >= 15 is 0 Å². The third kappa shape index (κ3) is 2.91. The third-order valence-corrected chi connectivity index (χ3v) is 4.98. The number of fused-ring (bicyclic) bond motifs is 1. The summed E-state index contributed by atoms with van der Waals surface area (Å²) in [5, 5.41) is 0. The number of imidazole rings is 1. The van der Waals surface area contributed by atoms with E-state index in [0.29, 0.717) is 13.2 Å². The Balaban J connectivity index is 2.20. The molecule has 0 atom stereocenters. The lowest BCUT2D eigenvalue weighted by Gasteiger charge is -2.16. The average Bonchev–Trinajstić information content (AvgIpc) is 2.95. The average molecular weight is 314 g/mol. The molecule has 0 amide bonds. The van der Waals surface area contributed by atoms with Crippen LogP contribution in [-0.4, -0.2) is 22.6 Å². The molecule has 0 fully saturated rings. The first-order valence-electron chi connectivity index (χ1n) is 7.43. The van der Waals surface area contributed by atoms with Crippen LogP contribution in [0.25, 0.3) is 16.9 Å². The van der Waals surface area contributed by atoms with E-state index in [1.165, 1.54) is 0 Å². The van der Waals surface area contributed by atoms with E-state index in [1.807, 2.05) is 56.4 Å². The molecule has 0 N–H and O–H groups in total. The number of pyridine rings is 1. The second-order valence-electron chi connectivity index (χ2n) is 4.67. The molecule has 0 aliphatic carbocycles. The summed E-state index contributed by atoms with van der Waals surface area (Å²) in [5.41, 5.74) is 3.91. The van der Waals surface area contributed by atoms with E-state index in [1.54, 1.807) is 0 Å². The largest absolute Gasteiger partial charge is 0.330 e. The van der Waals surface area contributed by atoms with Crippen molar-refractivity contribution >= 4 is 19.5 Å². The first-order valence-corrected chi connectivity index (χ1v) is 8.61. The van der Waals surface area contributed by atoms with Crippen LogP contribution in [0.4, 0.5) is 0 Å². The molecular formula is C17H19N2O2P. The molecule has 0 saturated carbocycles. The molecule has 0 saturated heterocycles. The van der Waals surface area contributed by atoms with Gasteiger partial charge in [0.15, 0.2) is 0 Å². The van der Waals surface area contributed by atoms with Crippen LogP contribution in [0, 0.1) is 0 Å². The Kier molecular flexibility index (Phi) is 4.84. The Hall–Kier alpha value is -1.74. The first kappa shape index (κ1) is 15.2. The predicted octanol–water partition coefficient (Wildman–Crippen LogP) is 4.01. The van der Waals surface area contributed by atoms with Gasteiger partial charge in [0.1, 0.15) is 16.8 Å². The summed E-state index contributed by atoms with van der Waals surface area (Å²) < 4.78 is 13.8. The molecule has 0 spiro atoms. The van der Waals surface area contributed by atoms with E-state index in [-0.39, 0.29) is 0 Å². The van der Waals surface area contributed by atoms with Gasteiger partial charge in [0.05, 0.1) is 13.2 Å². The Labute approximate surface area is 131 Å². The Morgan fingerprint density at radius 3 is 2.32 bits per heavy atom. The minimum absolute atomic E-state index is 0.611. The van der Waals surface area contributed by atoms with Gasteiger partial charge < -0.3 is 9.05 Å². The highest BCUT2D eigenvalue weighted by Gasteiger charge is 2.24. The van der Waals surface area contributed by atoms with E-state index in [2.05, 4.69) is 16.5 Å². The molecule has 3 rings (SSSR count). The van der Waals surface area contributed by atoms with Crippen LogP contribution < -0.4 is 5.44 Å². The van der Waals surface area contributed by atoms with Crippen molar-refractivity contribution in [1.29, 1.82) is 0 Å². The van der Waals surface area contributed by atoms with E-state index in [0.717, 1.165) is 22.3 Å². The van der Waals surface area contributed by atoms with Gasteiger partial charge in [-0.05, 0) is 26.0 Å². The lowest BCUT2D eigenvalue weighted by Crippen LogP contribution is -2.14. The normalized spacial score (nSPS) is 11.4. The zero-order chi connectivity index (χ0) is 15.4. The Morgan fingerprint density at radius 1 is 0.955 bits per heavy atom. The number of hydrogen-bond acceptors (Lipinski definition) is 3. The summed E-state index contributed by atoms with van der Waals surface area (Å²) in [6, 6.07) is 16.2. The molecule has 5 heteroatoms. The minimum atomic E-state index is -1.16. The third-order valence-electron chi connectivity index (χ3n) is 3.22. The van der Waals surface area contributed by atoms with Crippen LogP contribution >= 0.6 is 8.38 Å². The van der Waals surface area contributed by atoms with Crippen molar-refractivity contribution in [2.45, 2.75) is 13.8 Å². The van der Waals surface area contributed by atoms with Gasteiger partial charge >= 0.3 is 0 Å². The molecule has 4 nitrogen and oxygen atoms in total. The fourth-order valence-electron chi connectivity index (χ4n) is 2.34. The maximum absolute atomic E-state index is 5.88. The molecular weight excluding hydrogens is 295 g/mol. The highest BCUT2D eigenvalue weighted by atomic mass is 31.2. The summed E-state index contributed by atoms with van der Waals surface area (Å²) in [6.45, 7) is 5.19.